The standard InChI is InChI=1S/C21H28N4O.ClH/c1-24-10-9-23-20(24)15-25(19-13-21(19)5-7-22-8-6-21)14-16-2-3-18-17(12-16)4-11-26-18;/h2-3,9-10,12,19,22H,4-8,11,13-15H2,1H3;1H. The molecule has 2 aromatic rings. The predicted molar refractivity (Wildman–Crippen MR) is 108 cm³/mol. The molecule has 3 heterocycles. The molecule has 0 amide bonds. The van der Waals surface area contributed by atoms with Gasteiger partial charge in [0.15, 0.2) is 0 Å². The molecular weight excluding hydrogens is 360 g/mol. The number of fused-ring (bicyclic) bond motifs is 1. The van der Waals surface area contributed by atoms with E-state index in [1.165, 1.54) is 43.5 Å². The summed E-state index contributed by atoms with van der Waals surface area (Å²) >= 11 is 0. The second-order valence-corrected chi connectivity index (χ2v) is 8.23. The van der Waals surface area contributed by atoms with Crippen molar-refractivity contribution in [3.63, 3.8) is 0 Å². The van der Waals surface area contributed by atoms with Gasteiger partial charge in [0.1, 0.15) is 11.6 Å². The van der Waals surface area contributed by atoms with Crippen LogP contribution in [0, 0.1) is 5.41 Å². The third-order valence-corrected chi connectivity index (χ3v) is 6.59. The summed E-state index contributed by atoms with van der Waals surface area (Å²) in [6, 6.07) is 7.44. The zero-order chi connectivity index (χ0) is 17.6. The maximum Gasteiger partial charge on any atom is 0.122 e. The fourth-order valence-electron chi connectivity index (χ4n) is 4.88. The fraction of sp³-hybridized carbons (Fsp3) is 0.571. The van der Waals surface area contributed by atoms with Gasteiger partial charge in [-0.3, -0.25) is 4.90 Å². The summed E-state index contributed by atoms with van der Waals surface area (Å²) in [7, 11) is 2.10. The Balaban J connectivity index is 0.00000180. The van der Waals surface area contributed by atoms with E-state index in [1.807, 2.05) is 12.4 Å². The van der Waals surface area contributed by atoms with Gasteiger partial charge in [0.25, 0.3) is 0 Å². The predicted octanol–water partition coefficient (Wildman–Crippen LogP) is 2.92. The molecular formula is C21H29ClN4O. The van der Waals surface area contributed by atoms with Gasteiger partial charge in [0.2, 0.25) is 0 Å². The zero-order valence-electron chi connectivity index (χ0n) is 16.0. The van der Waals surface area contributed by atoms with E-state index in [4.69, 9.17) is 4.74 Å². The molecule has 1 saturated heterocycles. The van der Waals surface area contributed by atoms with Crippen molar-refractivity contribution < 1.29 is 4.74 Å². The van der Waals surface area contributed by atoms with Crippen molar-refractivity contribution in [1.82, 2.24) is 19.8 Å². The molecule has 146 valence electrons. The van der Waals surface area contributed by atoms with Gasteiger partial charge in [0, 0.05) is 38.4 Å². The lowest BCUT2D eigenvalue weighted by atomic mass is 9.93. The van der Waals surface area contributed by atoms with E-state index in [9.17, 15) is 0 Å². The Morgan fingerprint density at radius 1 is 1.30 bits per heavy atom. The van der Waals surface area contributed by atoms with Crippen LogP contribution in [0.15, 0.2) is 30.6 Å². The van der Waals surface area contributed by atoms with Crippen molar-refractivity contribution in [3.8, 4) is 5.75 Å². The maximum absolute atomic E-state index is 5.68. The van der Waals surface area contributed by atoms with Gasteiger partial charge >= 0.3 is 0 Å². The van der Waals surface area contributed by atoms with E-state index in [0.29, 0.717) is 11.5 Å². The Morgan fingerprint density at radius 3 is 2.93 bits per heavy atom. The molecule has 1 unspecified atom stereocenters. The number of rotatable bonds is 5. The first-order valence-electron chi connectivity index (χ1n) is 9.89. The molecule has 2 aliphatic heterocycles. The molecule has 1 saturated carbocycles. The van der Waals surface area contributed by atoms with Gasteiger partial charge in [0.05, 0.1) is 13.2 Å². The molecule has 27 heavy (non-hydrogen) atoms. The molecule has 5 rings (SSSR count). The summed E-state index contributed by atoms with van der Waals surface area (Å²) in [6.07, 6.45) is 8.97. The van der Waals surface area contributed by atoms with Crippen molar-refractivity contribution in [2.45, 2.75) is 44.8 Å². The van der Waals surface area contributed by atoms with E-state index in [0.717, 1.165) is 37.7 Å². The van der Waals surface area contributed by atoms with E-state index < -0.39 is 0 Å². The third kappa shape index (κ3) is 3.60. The van der Waals surface area contributed by atoms with Crippen molar-refractivity contribution in [2.24, 2.45) is 12.5 Å². The minimum absolute atomic E-state index is 0. The zero-order valence-corrected chi connectivity index (χ0v) is 16.8. The summed E-state index contributed by atoms with van der Waals surface area (Å²) in [4.78, 5) is 7.26. The van der Waals surface area contributed by atoms with Crippen molar-refractivity contribution in [2.75, 3.05) is 19.7 Å². The molecule has 6 heteroatoms. The van der Waals surface area contributed by atoms with Crippen LogP contribution in [0.4, 0.5) is 0 Å². The first-order valence-corrected chi connectivity index (χ1v) is 9.89. The summed E-state index contributed by atoms with van der Waals surface area (Å²) in [6.45, 7) is 5.09. The third-order valence-electron chi connectivity index (χ3n) is 6.59. The summed E-state index contributed by atoms with van der Waals surface area (Å²) in [5.41, 5.74) is 3.31. The van der Waals surface area contributed by atoms with E-state index >= 15 is 0 Å². The Hall–Kier alpha value is -1.56. The van der Waals surface area contributed by atoms with Gasteiger partial charge in [-0.2, -0.15) is 0 Å². The van der Waals surface area contributed by atoms with Crippen LogP contribution in [-0.4, -0.2) is 40.2 Å². The monoisotopic (exact) mass is 388 g/mol. The molecule has 1 aromatic carbocycles. The molecule has 2 fully saturated rings. The minimum atomic E-state index is 0. The SMILES string of the molecule is Cl.Cn1ccnc1CN(Cc1ccc2c(c1)CCO2)C1CC12CCNCC2. The molecule has 1 aliphatic carbocycles. The van der Waals surface area contributed by atoms with E-state index in [1.54, 1.807) is 0 Å². The Labute approximate surface area is 167 Å². The number of ether oxygens (including phenoxy) is 1. The largest absolute Gasteiger partial charge is 0.493 e. The highest BCUT2D eigenvalue weighted by Gasteiger charge is 2.56. The normalized spacial score (nSPS) is 22.4. The van der Waals surface area contributed by atoms with Gasteiger partial charge in [-0.1, -0.05) is 12.1 Å². The van der Waals surface area contributed by atoms with Crippen LogP contribution in [0.1, 0.15) is 36.2 Å². The maximum atomic E-state index is 5.68. The number of aryl methyl sites for hydroxylation is 1. The first kappa shape index (κ1) is 18.8. The molecule has 3 aliphatic rings. The van der Waals surface area contributed by atoms with Crippen LogP contribution < -0.4 is 10.1 Å². The van der Waals surface area contributed by atoms with Gasteiger partial charge in [-0.15, -0.1) is 12.4 Å². The summed E-state index contributed by atoms with van der Waals surface area (Å²) < 4.78 is 7.83. The average molecular weight is 389 g/mol. The number of imidazole rings is 1. The van der Waals surface area contributed by atoms with Crippen LogP contribution in [0.2, 0.25) is 0 Å². The number of benzene rings is 1. The second-order valence-electron chi connectivity index (χ2n) is 8.23. The Bertz CT molecular complexity index is 799. The fourth-order valence-corrected chi connectivity index (χ4v) is 4.88. The molecule has 0 bridgehead atoms. The second kappa shape index (κ2) is 7.46. The average Bonchev–Trinajstić information content (AvgIpc) is 2.98. The lowest BCUT2D eigenvalue weighted by Crippen LogP contribution is -2.36. The molecule has 5 nitrogen and oxygen atoms in total. The van der Waals surface area contributed by atoms with Crippen molar-refractivity contribution in [1.29, 1.82) is 0 Å². The van der Waals surface area contributed by atoms with E-state index in [2.05, 4.69) is 45.0 Å². The van der Waals surface area contributed by atoms with Crippen LogP contribution in [0.3, 0.4) is 0 Å². The lowest BCUT2D eigenvalue weighted by molar-refractivity contribution is 0.182. The van der Waals surface area contributed by atoms with E-state index in [-0.39, 0.29) is 12.4 Å². The summed E-state index contributed by atoms with van der Waals surface area (Å²) in [5, 5.41) is 3.52. The first-order chi connectivity index (χ1) is 12.7. The number of nitrogens with zero attached hydrogens (tertiary/aromatic N) is 3. The highest BCUT2D eigenvalue weighted by Crippen LogP contribution is 2.56. The van der Waals surface area contributed by atoms with Crippen LogP contribution in [0.5, 0.6) is 5.75 Å². The quantitative estimate of drug-likeness (QED) is 0.855. The molecule has 1 N–H and O–H groups in total. The van der Waals surface area contributed by atoms with Gasteiger partial charge in [-0.25, -0.2) is 4.98 Å². The lowest BCUT2D eigenvalue weighted by Gasteiger charge is -2.29. The number of nitrogens with one attached hydrogen (secondary N) is 1. The van der Waals surface area contributed by atoms with Crippen molar-refractivity contribution in [3.05, 3.63) is 47.5 Å². The van der Waals surface area contributed by atoms with Crippen molar-refractivity contribution >= 4 is 12.4 Å². The smallest absolute Gasteiger partial charge is 0.122 e. The molecule has 1 aromatic heterocycles. The van der Waals surface area contributed by atoms with Crippen LogP contribution in [-0.2, 0) is 26.6 Å². The number of hydrogen-bond donors (Lipinski definition) is 1. The summed E-state index contributed by atoms with van der Waals surface area (Å²) in [5.74, 6) is 2.23. The molecule has 1 spiro atoms. The Morgan fingerprint density at radius 2 is 2.15 bits per heavy atom. The number of piperidine rings is 1. The molecule has 1 atom stereocenters. The minimum Gasteiger partial charge on any atom is -0.493 e. The Kier molecular flexibility index (Phi) is 5.19. The number of aromatic nitrogens is 2. The van der Waals surface area contributed by atoms with Gasteiger partial charge in [-0.05, 0) is 55.0 Å². The van der Waals surface area contributed by atoms with Crippen LogP contribution in [0.25, 0.3) is 0 Å². The van der Waals surface area contributed by atoms with Gasteiger partial charge < -0.3 is 14.6 Å². The highest BCUT2D eigenvalue weighted by atomic mass is 35.5. The number of hydrogen-bond acceptors (Lipinski definition) is 4. The number of halogens is 1. The van der Waals surface area contributed by atoms with Crippen LogP contribution >= 0.6 is 12.4 Å². The topological polar surface area (TPSA) is 42.3 Å². The molecule has 0 radical (unpaired) electrons. The highest BCUT2D eigenvalue weighted by molar-refractivity contribution is 5.85.